The van der Waals surface area contributed by atoms with Gasteiger partial charge in [0.2, 0.25) is 0 Å². The molecule has 2 aliphatic heterocycles. The van der Waals surface area contributed by atoms with E-state index in [0.29, 0.717) is 12.6 Å². The number of fused-ring (bicyclic) bond motifs is 1. The topological polar surface area (TPSA) is 47.6 Å². The van der Waals surface area contributed by atoms with Gasteiger partial charge in [0.15, 0.2) is 0 Å². The van der Waals surface area contributed by atoms with Crippen molar-refractivity contribution >= 4 is 11.7 Å². The Labute approximate surface area is 178 Å². The van der Waals surface area contributed by atoms with E-state index in [-0.39, 0.29) is 11.8 Å². The van der Waals surface area contributed by atoms with Crippen molar-refractivity contribution in [1.82, 2.24) is 15.5 Å². The van der Waals surface area contributed by atoms with Gasteiger partial charge in [0.05, 0.1) is 0 Å². The molecule has 0 bridgehead atoms. The lowest BCUT2D eigenvalue weighted by Crippen LogP contribution is -2.45. The predicted octanol–water partition coefficient (Wildman–Crippen LogP) is 3.32. The van der Waals surface area contributed by atoms with E-state index in [1.54, 1.807) is 19.2 Å². The number of piperidine rings is 1. The molecule has 0 aliphatic carbocycles. The third-order valence-corrected chi connectivity index (χ3v) is 6.39. The molecule has 2 heterocycles. The van der Waals surface area contributed by atoms with Crippen LogP contribution >= 0.6 is 0 Å². The summed E-state index contributed by atoms with van der Waals surface area (Å²) in [4.78, 5) is 16.6. The molecule has 2 amide bonds. The summed E-state index contributed by atoms with van der Waals surface area (Å²) in [5.74, 6) is -0.168. The number of nitrogens with zero attached hydrogens (tertiary/aromatic N) is 2. The molecule has 0 radical (unpaired) electrons. The average Bonchev–Trinajstić information content (AvgIpc) is 3.20. The number of benzene rings is 2. The molecule has 0 spiro atoms. The van der Waals surface area contributed by atoms with Gasteiger partial charge in [0.1, 0.15) is 5.82 Å². The van der Waals surface area contributed by atoms with Gasteiger partial charge in [-0.15, -0.1) is 0 Å². The minimum absolute atomic E-state index is 0.152. The van der Waals surface area contributed by atoms with Crippen molar-refractivity contribution in [2.24, 2.45) is 0 Å². The highest BCUT2D eigenvalue weighted by Crippen LogP contribution is 2.33. The normalized spacial score (nSPS) is 17.1. The van der Waals surface area contributed by atoms with Gasteiger partial charge in [-0.1, -0.05) is 24.3 Å². The molecule has 1 saturated heterocycles. The number of carbonyl (C=O) groups is 1. The molecule has 160 valence electrons. The van der Waals surface area contributed by atoms with Crippen molar-refractivity contribution in [1.29, 1.82) is 0 Å². The van der Waals surface area contributed by atoms with Crippen LogP contribution in [0.2, 0.25) is 0 Å². The molecule has 2 N–H and O–H groups in total. The highest BCUT2D eigenvalue weighted by Gasteiger charge is 2.29. The monoisotopic (exact) mass is 410 g/mol. The van der Waals surface area contributed by atoms with E-state index in [4.69, 9.17) is 0 Å². The van der Waals surface area contributed by atoms with Crippen LogP contribution in [0.1, 0.15) is 29.5 Å². The number of hydrogen-bond donors (Lipinski definition) is 2. The Balaban J connectivity index is 1.30. The summed E-state index contributed by atoms with van der Waals surface area (Å²) in [7, 11) is 1.63. The number of anilines is 1. The Kier molecular flexibility index (Phi) is 6.53. The van der Waals surface area contributed by atoms with Crippen molar-refractivity contribution in [2.75, 3.05) is 38.1 Å². The largest absolute Gasteiger partial charge is 0.368 e. The smallest absolute Gasteiger partial charge is 0.314 e. The molecule has 1 fully saturated rings. The SMILES string of the molecule is CNC(=O)NCc1ccc2c(c1)N(C1CCN(CCc3ccc(F)cc3)CC1)CC2. The van der Waals surface area contributed by atoms with Crippen LogP contribution in [-0.2, 0) is 19.4 Å². The zero-order valence-electron chi connectivity index (χ0n) is 17.7. The van der Waals surface area contributed by atoms with E-state index in [0.717, 1.165) is 44.6 Å². The second kappa shape index (κ2) is 9.47. The molecule has 5 nitrogen and oxygen atoms in total. The lowest BCUT2D eigenvalue weighted by molar-refractivity contribution is 0.212. The molecule has 0 unspecified atom stereocenters. The molecule has 0 aromatic heterocycles. The second-order valence-corrected chi connectivity index (χ2v) is 8.29. The van der Waals surface area contributed by atoms with E-state index in [2.05, 4.69) is 38.6 Å². The van der Waals surface area contributed by atoms with Gasteiger partial charge in [-0.05, 0) is 60.6 Å². The average molecular weight is 411 g/mol. The molecule has 0 saturated carbocycles. The first-order valence-corrected chi connectivity index (χ1v) is 10.9. The molecule has 0 atom stereocenters. The molecule has 30 heavy (non-hydrogen) atoms. The molecular formula is C24H31FN4O. The first-order chi connectivity index (χ1) is 14.6. The molecular weight excluding hydrogens is 379 g/mol. The summed E-state index contributed by atoms with van der Waals surface area (Å²) < 4.78 is 13.1. The summed E-state index contributed by atoms with van der Waals surface area (Å²) >= 11 is 0. The quantitative estimate of drug-likeness (QED) is 0.768. The van der Waals surface area contributed by atoms with Gasteiger partial charge in [0.25, 0.3) is 0 Å². The highest BCUT2D eigenvalue weighted by atomic mass is 19.1. The first-order valence-electron chi connectivity index (χ1n) is 10.9. The van der Waals surface area contributed by atoms with Gasteiger partial charge in [0, 0.05) is 51.5 Å². The fourth-order valence-electron chi connectivity index (χ4n) is 4.60. The standard InChI is InChI=1S/C24H31FN4O/c1-26-24(30)27-17-19-2-5-20-9-15-29(23(20)16-19)22-10-13-28(14-11-22)12-8-18-3-6-21(25)7-4-18/h2-7,16,22H,8-15,17H2,1H3,(H2,26,27,30). The van der Waals surface area contributed by atoms with Gasteiger partial charge in [-0.2, -0.15) is 0 Å². The zero-order valence-corrected chi connectivity index (χ0v) is 17.7. The maximum atomic E-state index is 13.1. The molecule has 2 aromatic rings. The Morgan fingerprint density at radius 3 is 2.53 bits per heavy atom. The lowest BCUT2D eigenvalue weighted by Gasteiger charge is -2.38. The maximum Gasteiger partial charge on any atom is 0.314 e. The third kappa shape index (κ3) is 4.93. The Morgan fingerprint density at radius 2 is 1.80 bits per heavy atom. The Bertz CT molecular complexity index is 862. The van der Waals surface area contributed by atoms with E-state index in [9.17, 15) is 9.18 Å². The summed E-state index contributed by atoms with van der Waals surface area (Å²) in [6.07, 6.45) is 4.41. The lowest BCUT2D eigenvalue weighted by atomic mass is 10.0. The summed E-state index contributed by atoms with van der Waals surface area (Å²) in [5.41, 5.74) is 5.10. The van der Waals surface area contributed by atoms with Crippen LogP contribution in [0.3, 0.4) is 0 Å². The minimum Gasteiger partial charge on any atom is -0.368 e. The number of nitrogens with one attached hydrogen (secondary N) is 2. The van der Waals surface area contributed by atoms with Crippen molar-refractivity contribution in [3.8, 4) is 0 Å². The van der Waals surface area contributed by atoms with Gasteiger partial charge in [-0.25, -0.2) is 9.18 Å². The fourth-order valence-corrected chi connectivity index (χ4v) is 4.60. The Morgan fingerprint density at radius 1 is 1.07 bits per heavy atom. The number of halogens is 1. The van der Waals surface area contributed by atoms with Crippen LogP contribution in [-0.4, -0.2) is 50.2 Å². The van der Waals surface area contributed by atoms with E-state index < -0.39 is 0 Å². The van der Waals surface area contributed by atoms with E-state index in [1.807, 2.05) is 12.1 Å². The van der Waals surface area contributed by atoms with Crippen LogP contribution in [0.5, 0.6) is 0 Å². The number of carbonyl (C=O) groups excluding carboxylic acids is 1. The molecule has 6 heteroatoms. The maximum absolute atomic E-state index is 13.1. The molecule has 4 rings (SSSR count). The number of likely N-dealkylation sites (tertiary alicyclic amines) is 1. The predicted molar refractivity (Wildman–Crippen MR) is 118 cm³/mol. The number of urea groups is 1. The van der Waals surface area contributed by atoms with Crippen molar-refractivity contribution in [3.63, 3.8) is 0 Å². The van der Waals surface area contributed by atoms with E-state index in [1.165, 1.54) is 29.7 Å². The van der Waals surface area contributed by atoms with Crippen LogP contribution in [0, 0.1) is 5.82 Å². The molecule has 2 aromatic carbocycles. The fraction of sp³-hybridized carbons (Fsp3) is 0.458. The van der Waals surface area contributed by atoms with Crippen LogP contribution in [0.4, 0.5) is 14.9 Å². The van der Waals surface area contributed by atoms with Crippen molar-refractivity contribution in [2.45, 2.75) is 38.3 Å². The van der Waals surface area contributed by atoms with Crippen molar-refractivity contribution in [3.05, 3.63) is 65.0 Å². The third-order valence-electron chi connectivity index (χ3n) is 6.39. The number of hydrogen-bond acceptors (Lipinski definition) is 3. The minimum atomic E-state index is -0.168. The van der Waals surface area contributed by atoms with E-state index >= 15 is 0 Å². The summed E-state index contributed by atoms with van der Waals surface area (Å²) in [6.45, 7) is 4.88. The van der Waals surface area contributed by atoms with Crippen molar-refractivity contribution < 1.29 is 9.18 Å². The van der Waals surface area contributed by atoms with Gasteiger partial charge in [-0.3, -0.25) is 0 Å². The van der Waals surface area contributed by atoms with Gasteiger partial charge >= 0.3 is 6.03 Å². The first kappa shape index (κ1) is 20.7. The highest BCUT2D eigenvalue weighted by molar-refractivity contribution is 5.73. The second-order valence-electron chi connectivity index (χ2n) is 8.29. The summed E-state index contributed by atoms with van der Waals surface area (Å²) in [5, 5.41) is 5.47. The zero-order chi connectivity index (χ0) is 20.9. The van der Waals surface area contributed by atoms with Crippen LogP contribution < -0.4 is 15.5 Å². The summed E-state index contributed by atoms with van der Waals surface area (Å²) in [6, 6.07) is 13.9. The van der Waals surface area contributed by atoms with Gasteiger partial charge < -0.3 is 20.4 Å². The Hall–Kier alpha value is -2.60. The molecule has 2 aliphatic rings. The number of amides is 2. The number of rotatable bonds is 6. The van der Waals surface area contributed by atoms with Crippen LogP contribution in [0.25, 0.3) is 0 Å². The van der Waals surface area contributed by atoms with Crippen LogP contribution in [0.15, 0.2) is 42.5 Å².